The van der Waals surface area contributed by atoms with Gasteiger partial charge in [-0.3, -0.25) is 9.78 Å². The van der Waals surface area contributed by atoms with Gasteiger partial charge >= 0.3 is 0 Å². The second kappa shape index (κ2) is 6.10. The van der Waals surface area contributed by atoms with Crippen LogP contribution in [0.2, 0.25) is 0 Å². The highest BCUT2D eigenvalue weighted by Gasteiger charge is 2.15. The summed E-state index contributed by atoms with van der Waals surface area (Å²) in [6, 6.07) is 9.49. The van der Waals surface area contributed by atoms with Crippen molar-refractivity contribution >= 4 is 5.95 Å². The summed E-state index contributed by atoms with van der Waals surface area (Å²) < 4.78 is 5.55. The van der Waals surface area contributed by atoms with Gasteiger partial charge in [0, 0.05) is 24.8 Å². The summed E-state index contributed by atoms with van der Waals surface area (Å²) in [5.74, 6) is 0.494. The lowest BCUT2D eigenvalue weighted by atomic mass is 10.1. The molecule has 0 radical (unpaired) electrons. The second-order valence-electron chi connectivity index (χ2n) is 5.36. The number of nitrogens with one attached hydrogen (secondary N) is 2. The molecule has 1 saturated heterocycles. The molecular weight excluding hydrogens is 266 g/mol. The van der Waals surface area contributed by atoms with Gasteiger partial charge in [-0.05, 0) is 19.8 Å². The third kappa shape index (κ3) is 3.49. The number of H-pyrrole nitrogens is 1. The fourth-order valence-electron chi connectivity index (χ4n) is 2.43. The summed E-state index contributed by atoms with van der Waals surface area (Å²) in [5, 5.41) is 3.16. The average molecular weight is 285 g/mol. The Morgan fingerprint density at radius 1 is 1.38 bits per heavy atom. The monoisotopic (exact) mass is 285 g/mol. The number of aromatic amines is 1. The Morgan fingerprint density at radius 3 is 2.90 bits per heavy atom. The molecule has 0 saturated carbocycles. The van der Waals surface area contributed by atoms with Gasteiger partial charge in [0.1, 0.15) is 0 Å². The maximum absolute atomic E-state index is 11.8. The highest BCUT2D eigenvalue weighted by molar-refractivity contribution is 5.60. The van der Waals surface area contributed by atoms with E-state index in [1.165, 1.54) is 11.6 Å². The van der Waals surface area contributed by atoms with Crippen molar-refractivity contribution in [2.24, 2.45) is 0 Å². The van der Waals surface area contributed by atoms with Crippen LogP contribution in [0.4, 0.5) is 5.95 Å². The topological polar surface area (TPSA) is 67.0 Å². The van der Waals surface area contributed by atoms with Crippen molar-refractivity contribution in [1.82, 2.24) is 9.97 Å². The van der Waals surface area contributed by atoms with Gasteiger partial charge in [0.15, 0.2) is 0 Å². The van der Waals surface area contributed by atoms with E-state index in [1.54, 1.807) is 0 Å². The molecule has 5 nitrogen and oxygen atoms in total. The lowest BCUT2D eigenvalue weighted by Gasteiger charge is -2.11. The molecule has 0 bridgehead atoms. The predicted molar refractivity (Wildman–Crippen MR) is 82.5 cm³/mol. The third-order valence-electron chi connectivity index (χ3n) is 3.61. The smallest absolute Gasteiger partial charge is 0.252 e. The number of ether oxygens (including phenoxy) is 1. The highest BCUT2D eigenvalue weighted by atomic mass is 16.5. The average Bonchev–Trinajstić information content (AvgIpc) is 2.99. The molecule has 1 fully saturated rings. The molecule has 21 heavy (non-hydrogen) atoms. The van der Waals surface area contributed by atoms with E-state index in [0.717, 1.165) is 25.0 Å². The van der Waals surface area contributed by atoms with E-state index in [-0.39, 0.29) is 11.7 Å². The predicted octanol–water partition coefficient (Wildman–Crippen LogP) is 2.34. The minimum atomic E-state index is -0.157. The van der Waals surface area contributed by atoms with Crippen molar-refractivity contribution in [3.63, 3.8) is 0 Å². The number of nitrogens with zero attached hydrogens (tertiary/aromatic N) is 1. The fourth-order valence-corrected chi connectivity index (χ4v) is 2.43. The van der Waals surface area contributed by atoms with E-state index >= 15 is 0 Å². The molecule has 1 aliphatic rings. The number of hydrogen-bond donors (Lipinski definition) is 2. The van der Waals surface area contributed by atoms with Gasteiger partial charge in [0.2, 0.25) is 5.95 Å². The van der Waals surface area contributed by atoms with Crippen LogP contribution in [0.25, 0.3) is 11.3 Å². The summed E-state index contributed by atoms with van der Waals surface area (Å²) in [6.07, 6.45) is 2.35. The number of aromatic nitrogens is 2. The maximum Gasteiger partial charge on any atom is 0.252 e. The minimum absolute atomic E-state index is 0.157. The quantitative estimate of drug-likeness (QED) is 0.905. The zero-order chi connectivity index (χ0) is 14.7. The van der Waals surface area contributed by atoms with Crippen molar-refractivity contribution < 1.29 is 4.74 Å². The number of rotatable bonds is 4. The molecule has 1 atom stereocenters. The molecule has 0 spiro atoms. The van der Waals surface area contributed by atoms with Crippen LogP contribution in [0.5, 0.6) is 0 Å². The Bertz CT molecular complexity index is 658. The van der Waals surface area contributed by atoms with Crippen molar-refractivity contribution in [3.8, 4) is 11.3 Å². The molecule has 5 heteroatoms. The molecule has 1 unspecified atom stereocenters. The molecule has 1 aromatic heterocycles. The van der Waals surface area contributed by atoms with E-state index in [4.69, 9.17) is 4.74 Å². The fraction of sp³-hybridized carbons (Fsp3) is 0.375. The van der Waals surface area contributed by atoms with Gasteiger partial charge in [0.25, 0.3) is 5.56 Å². The zero-order valence-corrected chi connectivity index (χ0v) is 12.1. The number of anilines is 1. The van der Waals surface area contributed by atoms with Crippen LogP contribution >= 0.6 is 0 Å². The molecule has 2 aromatic rings. The van der Waals surface area contributed by atoms with Gasteiger partial charge in [0.05, 0.1) is 11.8 Å². The largest absolute Gasteiger partial charge is 0.376 e. The van der Waals surface area contributed by atoms with Crippen LogP contribution < -0.4 is 10.9 Å². The maximum atomic E-state index is 11.8. The van der Waals surface area contributed by atoms with Crippen molar-refractivity contribution in [1.29, 1.82) is 0 Å². The first-order valence-electron chi connectivity index (χ1n) is 7.24. The summed E-state index contributed by atoms with van der Waals surface area (Å²) in [5.41, 5.74) is 2.64. The summed E-state index contributed by atoms with van der Waals surface area (Å²) in [7, 11) is 0. The summed E-state index contributed by atoms with van der Waals surface area (Å²) in [6.45, 7) is 3.52. The standard InChI is InChI=1S/C16H19N3O2/c1-11-4-6-12(7-5-11)14-9-15(20)19-16(18-14)17-10-13-3-2-8-21-13/h4-7,9,13H,2-3,8,10H2,1H3,(H2,17,18,19,20). The van der Waals surface area contributed by atoms with Crippen molar-refractivity contribution in [3.05, 3.63) is 46.2 Å². The normalized spacial score (nSPS) is 17.9. The van der Waals surface area contributed by atoms with Crippen molar-refractivity contribution in [2.75, 3.05) is 18.5 Å². The minimum Gasteiger partial charge on any atom is -0.376 e. The second-order valence-corrected chi connectivity index (χ2v) is 5.36. The summed E-state index contributed by atoms with van der Waals surface area (Å²) in [4.78, 5) is 19.0. The third-order valence-corrected chi connectivity index (χ3v) is 3.61. The SMILES string of the molecule is Cc1ccc(-c2cc(=O)[nH]c(NCC3CCCO3)n2)cc1. The molecule has 2 N–H and O–H groups in total. The number of aryl methyl sites for hydroxylation is 1. The van der Waals surface area contributed by atoms with Crippen LogP contribution in [0, 0.1) is 6.92 Å². The van der Waals surface area contributed by atoms with E-state index in [2.05, 4.69) is 15.3 Å². The van der Waals surface area contributed by atoms with Crippen LogP contribution in [-0.4, -0.2) is 29.2 Å². The Balaban J connectivity index is 1.78. The molecule has 2 heterocycles. The lowest BCUT2D eigenvalue weighted by Crippen LogP contribution is -2.21. The Hall–Kier alpha value is -2.14. The van der Waals surface area contributed by atoms with Gasteiger partial charge in [-0.2, -0.15) is 0 Å². The van der Waals surface area contributed by atoms with Gasteiger partial charge < -0.3 is 10.1 Å². The molecule has 0 aliphatic carbocycles. The van der Waals surface area contributed by atoms with Gasteiger partial charge in [-0.15, -0.1) is 0 Å². The number of hydrogen-bond acceptors (Lipinski definition) is 4. The molecule has 1 aliphatic heterocycles. The number of benzene rings is 1. The molecule has 110 valence electrons. The van der Waals surface area contributed by atoms with E-state index in [0.29, 0.717) is 18.2 Å². The summed E-state index contributed by atoms with van der Waals surface area (Å²) >= 11 is 0. The first-order chi connectivity index (χ1) is 10.2. The first-order valence-corrected chi connectivity index (χ1v) is 7.24. The van der Waals surface area contributed by atoms with Gasteiger partial charge in [-0.1, -0.05) is 29.8 Å². The van der Waals surface area contributed by atoms with Crippen LogP contribution in [0.3, 0.4) is 0 Å². The first kappa shape index (κ1) is 13.8. The van der Waals surface area contributed by atoms with E-state index in [1.807, 2.05) is 31.2 Å². The van der Waals surface area contributed by atoms with E-state index in [9.17, 15) is 4.79 Å². The van der Waals surface area contributed by atoms with Crippen LogP contribution in [0.1, 0.15) is 18.4 Å². The molecule has 3 rings (SSSR count). The Morgan fingerprint density at radius 2 is 2.19 bits per heavy atom. The highest BCUT2D eigenvalue weighted by Crippen LogP contribution is 2.17. The van der Waals surface area contributed by atoms with E-state index < -0.39 is 0 Å². The van der Waals surface area contributed by atoms with Gasteiger partial charge in [-0.25, -0.2) is 4.98 Å². The lowest BCUT2D eigenvalue weighted by molar-refractivity contribution is 0.120. The molecule has 0 amide bonds. The molecular formula is C16H19N3O2. The van der Waals surface area contributed by atoms with Crippen LogP contribution in [-0.2, 0) is 4.74 Å². The Kier molecular flexibility index (Phi) is 4.01. The van der Waals surface area contributed by atoms with Crippen LogP contribution in [0.15, 0.2) is 35.1 Å². The zero-order valence-electron chi connectivity index (χ0n) is 12.1. The Labute approximate surface area is 123 Å². The molecule has 1 aromatic carbocycles. The van der Waals surface area contributed by atoms with Crippen molar-refractivity contribution in [2.45, 2.75) is 25.9 Å².